The second-order valence-corrected chi connectivity index (χ2v) is 7.97. The Labute approximate surface area is 193 Å². The first-order chi connectivity index (χ1) is 16.2. The van der Waals surface area contributed by atoms with Crippen molar-refractivity contribution in [1.29, 1.82) is 0 Å². The maximum Gasteiger partial charge on any atom is 0.180 e. The summed E-state index contributed by atoms with van der Waals surface area (Å²) in [4.78, 5) is 13.8. The monoisotopic (exact) mass is 443 g/mol. The van der Waals surface area contributed by atoms with Crippen LogP contribution in [0.5, 0.6) is 5.75 Å². The largest absolute Gasteiger partial charge is 0.491 e. The molecule has 170 valence electrons. The number of nitrogens with zero attached hydrogens (tertiary/aromatic N) is 3. The van der Waals surface area contributed by atoms with Crippen LogP contribution in [-0.4, -0.2) is 39.3 Å². The molecular formula is C26H29N5O2. The number of benzene rings is 2. The predicted octanol–water partition coefficient (Wildman–Crippen LogP) is 4.39. The highest BCUT2D eigenvalue weighted by Gasteiger charge is 2.06. The van der Waals surface area contributed by atoms with Crippen LogP contribution >= 0.6 is 0 Å². The zero-order valence-electron chi connectivity index (χ0n) is 18.7. The number of hydrogen-bond donors (Lipinski definition) is 3. The quantitative estimate of drug-likeness (QED) is 0.234. The van der Waals surface area contributed by atoms with Gasteiger partial charge < -0.3 is 15.3 Å². The summed E-state index contributed by atoms with van der Waals surface area (Å²) in [5.74, 6) is 1.41. The number of pyridine rings is 1. The molecule has 7 heteroatoms. The highest BCUT2D eigenvalue weighted by Crippen LogP contribution is 2.22. The SMILES string of the molecule is CC(O)COc1ccc(-c2cnc3ccc(NNCCCCc4ccccc4)nc3n2)cc1. The minimum absolute atomic E-state index is 0.260. The number of ether oxygens (including phenoxy) is 1. The van der Waals surface area contributed by atoms with Gasteiger partial charge in [0.05, 0.1) is 18.0 Å². The van der Waals surface area contributed by atoms with Crippen molar-refractivity contribution >= 4 is 17.0 Å². The van der Waals surface area contributed by atoms with E-state index in [2.05, 4.69) is 50.1 Å². The third-order valence-corrected chi connectivity index (χ3v) is 5.12. The molecule has 1 unspecified atom stereocenters. The minimum atomic E-state index is -0.506. The van der Waals surface area contributed by atoms with Crippen LogP contribution in [-0.2, 0) is 6.42 Å². The number of aromatic nitrogens is 3. The van der Waals surface area contributed by atoms with E-state index >= 15 is 0 Å². The van der Waals surface area contributed by atoms with Gasteiger partial charge in [0.25, 0.3) is 0 Å². The fourth-order valence-corrected chi connectivity index (χ4v) is 3.39. The van der Waals surface area contributed by atoms with E-state index in [9.17, 15) is 5.11 Å². The number of unbranched alkanes of at least 4 members (excludes halogenated alkanes) is 1. The molecule has 3 N–H and O–H groups in total. The van der Waals surface area contributed by atoms with Crippen molar-refractivity contribution in [3.05, 3.63) is 78.5 Å². The van der Waals surface area contributed by atoms with Crippen LogP contribution in [0.2, 0.25) is 0 Å². The van der Waals surface area contributed by atoms with E-state index in [1.165, 1.54) is 5.56 Å². The highest BCUT2D eigenvalue weighted by atomic mass is 16.5. The van der Waals surface area contributed by atoms with Crippen LogP contribution in [0.15, 0.2) is 72.9 Å². The standard InChI is InChI=1S/C26H29N5O2/c1-19(32)18-33-22-12-10-21(11-13-22)24-17-27-23-14-15-25(30-26(23)29-24)31-28-16-6-5-9-20-7-3-2-4-8-20/h2-4,7-8,10-15,17,19,28,32H,5-6,9,16,18H2,1H3,(H,29,30,31). The molecule has 0 saturated carbocycles. The maximum atomic E-state index is 9.34. The molecule has 4 rings (SSSR count). The number of aliphatic hydroxyl groups excluding tert-OH is 1. The van der Waals surface area contributed by atoms with Gasteiger partial charge in [-0.3, -0.25) is 4.98 Å². The lowest BCUT2D eigenvalue weighted by Crippen LogP contribution is -2.23. The first-order valence-electron chi connectivity index (χ1n) is 11.3. The summed E-state index contributed by atoms with van der Waals surface area (Å²) < 4.78 is 5.52. The number of nitrogens with one attached hydrogen (secondary N) is 2. The van der Waals surface area contributed by atoms with Crippen LogP contribution < -0.4 is 15.6 Å². The van der Waals surface area contributed by atoms with Gasteiger partial charge in [0, 0.05) is 12.1 Å². The molecule has 1 atom stereocenters. The van der Waals surface area contributed by atoms with Gasteiger partial charge in [0.1, 0.15) is 23.7 Å². The summed E-state index contributed by atoms with van der Waals surface area (Å²) in [5.41, 5.74) is 10.7. The summed E-state index contributed by atoms with van der Waals surface area (Å²) in [5, 5.41) is 9.34. The fraction of sp³-hybridized carbons (Fsp3) is 0.269. The second-order valence-electron chi connectivity index (χ2n) is 7.97. The average Bonchev–Trinajstić information content (AvgIpc) is 2.85. The third-order valence-electron chi connectivity index (χ3n) is 5.12. The molecule has 4 aromatic rings. The Morgan fingerprint density at radius 1 is 0.939 bits per heavy atom. The van der Waals surface area contributed by atoms with Gasteiger partial charge in [0.15, 0.2) is 5.65 Å². The first kappa shape index (κ1) is 22.6. The highest BCUT2D eigenvalue weighted by molar-refractivity contribution is 5.75. The van der Waals surface area contributed by atoms with Gasteiger partial charge in [-0.05, 0) is 68.1 Å². The van der Waals surface area contributed by atoms with Gasteiger partial charge in [-0.2, -0.15) is 0 Å². The molecule has 2 aromatic heterocycles. The molecule has 0 spiro atoms. The molecule has 33 heavy (non-hydrogen) atoms. The van der Waals surface area contributed by atoms with Gasteiger partial charge in [-0.15, -0.1) is 0 Å². The topological polar surface area (TPSA) is 92.2 Å². The molecule has 0 fully saturated rings. The van der Waals surface area contributed by atoms with Crippen LogP contribution in [0.25, 0.3) is 22.4 Å². The number of aliphatic hydroxyl groups is 1. The number of hydrazine groups is 1. The Balaban J connectivity index is 1.31. The Morgan fingerprint density at radius 2 is 1.76 bits per heavy atom. The summed E-state index contributed by atoms with van der Waals surface area (Å²) >= 11 is 0. The lowest BCUT2D eigenvalue weighted by molar-refractivity contribution is 0.123. The zero-order valence-corrected chi connectivity index (χ0v) is 18.7. The molecule has 0 bridgehead atoms. The molecule has 2 heterocycles. The Morgan fingerprint density at radius 3 is 2.55 bits per heavy atom. The van der Waals surface area contributed by atoms with Gasteiger partial charge in [-0.1, -0.05) is 30.3 Å². The number of hydrogen-bond acceptors (Lipinski definition) is 7. The number of aryl methyl sites for hydroxylation is 1. The lowest BCUT2D eigenvalue weighted by Gasteiger charge is -2.10. The van der Waals surface area contributed by atoms with Gasteiger partial charge in [0.2, 0.25) is 0 Å². The summed E-state index contributed by atoms with van der Waals surface area (Å²) in [6.07, 6.45) is 4.52. The van der Waals surface area contributed by atoms with Crippen molar-refractivity contribution in [2.24, 2.45) is 0 Å². The van der Waals surface area contributed by atoms with Crippen LogP contribution in [0.3, 0.4) is 0 Å². The van der Waals surface area contributed by atoms with Gasteiger partial charge in [-0.25, -0.2) is 15.4 Å². The van der Waals surface area contributed by atoms with Crippen molar-refractivity contribution in [3.8, 4) is 17.0 Å². The smallest absolute Gasteiger partial charge is 0.180 e. The number of anilines is 1. The summed E-state index contributed by atoms with van der Waals surface area (Å²) in [6.45, 7) is 2.80. The molecular weight excluding hydrogens is 414 g/mol. The van der Waals surface area contributed by atoms with Crippen LogP contribution in [0, 0.1) is 0 Å². The number of rotatable bonds is 11. The fourth-order valence-electron chi connectivity index (χ4n) is 3.39. The van der Waals surface area contributed by atoms with Crippen molar-refractivity contribution in [3.63, 3.8) is 0 Å². The zero-order chi connectivity index (χ0) is 22.9. The molecule has 0 radical (unpaired) electrons. The molecule has 0 amide bonds. The predicted molar refractivity (Wildman–Crippen MR) is 131 cm³/mol. The van der Waals surface area contributed by atoms with Crippen molar-refractivity contribution in [2.45, 2.75) is 32.3 Å². The van der Waals surface area contributed by atoms with E-state index in [-0.39, 0.29) is 6.61 Å². The van der Waals surface area contributed by atoms with E-state index in [0.29, 0.717) is 17.2 Å². The van der Waals surface area contributed by atoms with Crippen molar-refractivity contribution in [1.82, 2.24) is 20.4 Å². The van der Waals surface area contributed by atoms with Gasteiger partial charge >= 0.3 is 0 Å². The normalized spacial score (nSPS) is 11.9. The first-order valence-corrected chi connectivity index (χ1v) is 11.3. The molecule has 7 nitrogen and oxygen atoms in total. The minimum Gasteiger partial charge on any atom is -0.491 e. The van der Waals surface area contributed by atoms with Crippen molar-refractivity contribution in [2.75, 3.05) is 18.6 Å². The Kier molecular flexibility index (Phi) is 7.79. The summed E-state index contributed by atoms with van der Waals surface area (Å²) in [6, 6.07) is 21.9. The molecule has 0 saturated heterocycles. The molecule has 0 aliphatic rings. The van der Waals surface area contributed by atoms with E-state index in [0.717, 1.165) is 42.6 Å². The lowest BCUT2D eigenvalue weighted by atomic mass is 10.1. The second kappa shape index (κ2) is 11.4. The molecule has 2 aromatic carbocycles. The van der Waals surface area contributed by atoms with Crippen molar-refractivity contribution < 1.29 is 9.84 Å². The third kappa shape index (κ3) is 6.71. The van der Waals surface area contributed by atoms with Crippen LogP contribution in [0.4, 0.5) is 5.82 Å². The average molecular weight is 444 g/mol. The Bertz CT molecular complexity index is 1150. The van der Waals surface area contributed by atoms with E-state index < -0.39 is 6.10 Å². The van der Waals surface area contributed by atoms with Crippen LogP contribution in [0.1, 0.15) is 25.3 Å². The van der Waals surface area contributed by atoms with E-state index in [4.69, 9.17) is 4.74 Å². The van der Waals surface area contributed by atoms with E-state index in [1.807, 2.05) is 42.5 Å². The number of fused-ring (bicyclic) bond motifs is 1. The molecule has 0 aliphatic carbocycles. The summed E-state index contributed by atoms with van der Waals surface area (Å²) in [7, 11) is 0. The maximum absolute atomic E-state index is 9.34. The van der Waals surface area contributed by atoms with E-state index in [1.54, 1.807) is 13.1 Å². The molecule has 0 aliphatic heterocycles. The Hall–Kier alpha value is -3.55.